The van der Waals surface area contributed by atoms with Crippen molar-refractivity contribution >= 4 is 50.7 Å². The van der Waals surface area contributed by atoms with E-state index in [2.05, 4.69) is 5.32 Å². The predicted octanol–water partition coefficient (Wildman–Crippen LogP) is 5.44. The van der Waals surface area contributed by atoms with Crippen LogP contribution in [0.4, 0.5) is 5.69 Å². The Kier molecular flexibility index (Phi) is 10.2. The molecule has 10 heteroatoms. The van der Waals surface area contributed by atoms with Crippen LogP contribution in [-0.4, -0.2) is 44.3 Å². The van der Waals surface area contributed by atoms with Crippen LogP contribution in [0.1, 0.15) is 31.4 Å². The summed E-state index contributed by atoms with van der Waals surface area (Å²) in [5.41, 5.74) is 1.93. The first kappa shape index (κ1) is 29.5. The van der Waals surface area contributed by atoms with Crippen LogP contribution in [0.3, 0.4) is 0 Å². The van der Waals surface area contributed by atoms with Crippen LogP contribution >= 0.6 is 23.2 Å². The molecule has 3 aromatic carbocycles. The van der Waals surface area contributed by atoms with Gasteiger partial charge in [-0.25, -0.2) is 8.42 Å². The number of benzene rings is 3. The van der Waals surface area contributed by atoms with E-state index in [0.717, 1.165) is 21.9 Å². The van der Waals surface area contributed by atoms with Crippen molar-refractivity contribution in [1.82, 2.24) is 10.2 Å². The number of nitrogens with one attached hydrogen (secondary N) is 1. The van der Waals surface area contributed by atoms with Crippen LogP contribution in [0.15, 0.2) is 77.7 Å². The number of hydrogen-bond donors (Lipinski definition) is 1. The molecule has 0 unspecified atom stereocenters. The first-order chi connectivity index (χ1) is 18.0. The molecule has 38 heavy (non-hydrogen) atoms. The molecule has 0 aliphatic carbocycles. The predicted molar refractivity (Wildman–Crippen MR) is 152 cm³/mol. The Bertz CT molecular complexity index is 1360. The zero-order chi connectivity index (χ0) is 27.9. The van der Waals surface area contributed by atoms with E-state index in [4.69, 9.17) is 23.2 Å². The third kappa shape index (κ3) is 7.28. The van der Waals surface area contributed by atoms with Crippen LogP contribution in [0.2, 0.25) is 10.0 Å². The molecule has 0 bridgehead atoms. The molecule has 0 radical (unpaired) electrons. The fraction of sp³-hybridized carbons (Fsp3) is 0.286. The van der Waals surface area contributed by atoms with Crippen LogP contribution in [0.5, 0.6) is 0 Å². The van der Waals surface area contributed by atoms with Gasteiger partial charge in [0.1, 0.15) is 12.6 Å². The van der Waals surface area contributed by atoms with Crippen molar-refractivity contribution in [2.75, 3.05) is 17.4 Å². The van der Waals surface area contributed by atoms with Gasteiger partial charge in [0, 0.05) is 23.1 Å². The van der Waals surface area contributed by atoms with Gasteiger partial charge in [0.05, 0.1) is 10.6 Å². The van der Waals surface area contributed by atoms with E-state index in [-0.39, 0.29) is 33.1 Å². The standard InChI is InChI=1S/C28H31Cl2N3O4S/c1-4-14-31-28(35)21(3)32(18-22-11-9-8-10-20(22)2)27(34)19-33(25-16-23(29)15-24(30)17-25)38(36,37)26-12-6-5-7-13-26/h5-13,15-17,21H,4,14,18-19H2,1-3H3,(H,31,35)/t21-/m0/s1. The summed E-state index contributed by atoms with van der Waals surface area (Å²) in [6, 6.07) is 18.8. The van der Waals surface area contributed by atoms with Crippen LogP contribution in [0, 0.1) is 6.92 Å². The lowest BCUT2D eigenvalue weighted by atomic mass is 10.1. The number of aryl methyl sites for hydroxylation is 1. The molecule has 0 saturated heterocycles. The van der Waals surface area contributed by atoms with E-state index >= 15 is 0 Å². The van der Waals surface area contributed by atoms with E-state index in [1.165, 1.54) is 35.2 Å². The third-order valence-corrected chi connectivity index (χ3v) is 8.29. The van der Waals surface area contributed by atoms with Gasteiger partial charge in [-0.15, -0.1) is 0 Å². The largest absolute Gasteiger partial charge is 0.354 e. The Hall–Kier alpha value is -3.07. The number of hydrogen-bond acceptors (Lipinski definition) is 4. The number of rotatable bonds is 11. The lowest BCUT2D eigenvalue weighted by Crippen LogP contribution is -2.51. The van der Waals surface area contributed by atoms with Gasteiger partial charge in [-0.2, -0.15) is 0 Å². The van der Waals surface area contributed by atoms with Gasteiger partial charge in [0.15, 0.2) is 0 Å². The second-order valence-electron chi connectivity index (χ2n) is 8.87. The SMILES string of the molecule is CCCNC(=O)[C@H](C)N(Cc1ccccc1C)C(=O)CN(c1cc(Cl)cc(Cl)c1)S(=O)(=O)c1ccccc1. The first-order valence-corrected chi connectivity index (χ1v) is 14.4. The highest BCUT2D eigenvalue weighted by Crippen LogP contribution is 2.30. The Morgan fingerprint density at radius 2 is 1.55 bits per heavy atom. The molecule has 3 aromatic rings. The number of sulfonamides is 1. The summed E-state index contributed by atoms with van der Waals surface area (Å²) >= 11 is 12.4. The van der Waals surface area contributed by atoms with Crippen molar-refractivity contribution in [3.63, 3.8) is 0 Å². The van der Waals surface area contributed by atoms with Gasteiger partial charge in [0.2, 0.25) is 11.8 Å². The monoisotopic (exact) mass is 575 g/mol. The molecule has 0 aromatic heterocycles. The highest BCUT2D eigenvalue weighted by atomic mass is 35.5. The second-order valence-corrected chi connectivity index (χ2v) is 11.6. The molecule has 0 spiro atoms. The number of amides is 2. The van der Waals surface area contributed by atoms with E-state index in [1.807, 2.05) is 38.1 Å². The van der Waals surface area contributed by atoms with Crippen LogP contribution < -0.4 is 9.62 Å². The summed E-state index contributed by atoms with van der Waals surface area (Å²) in [4.78, 5) is 28.2. The van der Waals surface area contributed by atoms with Crippen LogP contribution in [-0.2, 0) is 26.2 Å². The van der Waals surface area contributed by atoms with Gasteiger partial charge in [-0.1, -0.05) is 72.6 Å². The molecular weight excluding hydrogens is 545 g/mol. The number of anilines is 1. The quantitative estimate of drug-likeness (QED) is 0.330. The van der Waals surface area contributed by atoms with Gasteiger partial charge >= 0.3 is 0 Å². The normalized spacial score (nSPS) is 12.0. The van der Waals surface area contributed by atoms with Crippen molar-refractivity contribution in [2.24, 2.45) is 0 Å². The molecule has 2 amide bonds. The Labute approximate surface area is 234 Å². The van der Waals surface area contributed by atoms with Gasteiger partial charge < -0.3 is 10.2 Å². The number of nitrogens with zero attached hydrogens (tertiary/aromatic N) is 2. The maximum atomic E-state index is 13.9. The van der Waals surface area contributed by atoms with E-state index < -0.39 is 28.5 Å². The second kappa shape index (κ2) is 13.1. The molecule has 1 N–H and O–H groups in total. The maximum absolute atomic E-state index is 13.9. The minimum atomic E-state index is -4.19. The highest BCUT2D eigenvalue weighted by Gasteiger charge is 2.32. The van der Waals surface area contributed by atoms with Crippen molar-refractivity contribution in [3.05, 3.63) is 94.0 Å². The fourth-order valence-corrected chi connectivity index (χ4v) is 5.81. The van der Waals surface area contributed by atoms with Crippen LogP contribution in [0.25, 0.3) is 0 Å². The van der Waals surface area contributed by atoms with E-state index in [1.54, 1.807) is 25.1 Å². The van der Waals surface area contributed by atoms with Crippen molar-refractivity contribution in [1.29, 1.82) is 0 Å². The third-order valence-electron chi connectivity index (χ3n) is 6.06. The molecule has 1 atom stereocenters. The molecule has 3 rings (SSSR count). The zero-order valence-electron chi connectivity index (χ0n) is 21.5. The molecule has 202 valence electrons. The summed E-state index contributed by atoms with van der Waals surface area (Å²) in [7, 11) is -4.19. The highest BCUT2D eigenvalue weighted by molar-refractivity contribution is 7.92. The summed E-state index contributed by atoms with van der Waals surface area (Å²) in [6.07, 6.45) is 0.739. The summed E-state index contributed by atoms with van der Waals surface area (Å²) < 4.78 is 28.5. The summed E-state index contributed by atoms with van der Waals surface area (Å²) in [5, 5.41) is 3.26. The smallest absolute Gasteiger partial charge is 0.264 e. The molecule has 0 fully saturated rings. The average Bonchev–Trinajstić information content (AvgIpc) is 2.89. The zero-order valence-corrected chi connectivity index (χ0v) is 23.9. The fourth-order valence-electron chi connectivity index (χ4n) is 3.88. The van der Waals surface area contributed by atoms with Crippen molar-refractivity contribution in [3.8, 4) is 0 Å². The minimum absolute atomic E-state index is 0.00286. The summed E-state index contributed by atoms with van der Waals surface area (Å²) in [6.45, 7) is 5.51. The molecular formula is C28H31Cl2N3O4S. The topological polar surface area (TPSA) is 86.8 Å². The van der Waals surface area contributed by atoms with E-state index in [9.17, 15) is 18.0 Å². The minimum Gasteiger partial charge on any atom is -0.354 e. The van der Waals surface area contributed by atoms with Crippen molar-refractivity contribution in [2.45, 2.75) is 44.7 Å². The molecule has 7 nitrogen and oxygen atoms in total. The molecule has 0 aliphatic heterocycles. The average molecular weight is 577 g/mol. The molecule has 0 heterocycles. The molecule has 0 aliphatic rings. The number of carbonyl (C=O) groups is 2. The lowest BCUT2D eigenvalue weighted by Gasteiger charge is -2.32. The number of halogens is 2. The van der Waals surface area contributed by atoms with Gasteiger partial charge in [-0.05, 0) is 61.7 Å². The van der Waals surface area contributed by atoms with Gasteiger partial charge in [0.25, 0.3) is 10.0 Å². The molecule has 0 saturated carbocycles. The Morgan fingerprint density at radius 1 is 0.947 bits per heavy atom. The Morgan fingerprint density at radius 3 is 2.16 bits per heavy atom. The van der Waals surface area contributed by atoms with Gasteiger partial charge in [-0.3, -0.25) is 13.9 Å². The first-order valence-electron chi connectivity index (χ1n) is 12.2. The van der Waals surface area contributed by atoms with E-state index in [0.29, 0.717) is 6.54 Å². The lowest BCUT2D eigenvalue weighted by molar-refractivity contribution is -0.139. The Balaban J connectivity index is 2.05. The van der Waals surface area contributed by atoms with Crippen molar-refractivity contribution < 1.29 is 18.0 Å². The summed E-state index contributed by atoms with van der Waals surface area (Å²) in [5.74, 6) is -0.875. The number of carbonyl (C=O) groups excluding carboxylic acids is 2. The maximum Gasteiger partial charge on any atom is 0.264 e.